The highest BCUT2D eigenvalue weighted by Crippen LogP contribution is 2.67. The predicted octanol–water partition coefficient (Wildman–Crippen LogP) is 11.2. The Morgan fingerprint density at radius 3 is 1.46 bits per heavy atom. The summed E-state index contributed by atoms with van der Waals surface area (Å²) in [4.78, 5) is 27.2. The third-order valence-corrected chi connectivity index (χ3v) is 17.2. The van der Waals surface area contributed by atoms with Crippen molar-refractivity contribution in [2.24, 2.45) is 70.0 Å². The van der Waals surface area contributed by atoms with Gasteiger partial charge in [-0.25, -0.2) is 0 Å². The maximum Gasteiger partial charge on any atom is 0.426 e. The van der Waals surface area contributed by atoms with Gasteiger partial charge in [0, 0.05) is 12.5 Å². The summed E-state index contributed by atoms with van der Waals surface area (Å²) in [7, 11) is 1.05. The fourth-order valence-corrected chi connectivity index (χ4v) is 13.8. The number of methoxy groups -OCH3 is 2. The summed E-state index contributed by atoms with van der Waals surface area (Å²) in [5, 5.41) is 10.0. The van der Waals surface area contributed by atoms with Crippen LogP contribution in [0.3, 0.4) is 0 Å². The molecular formula is C44H56F18O9. The van der Waals surface area contributed by atoms with Crippen LogP contribution in [0.4, 0.5) is 79.0 Å². The van der Waals surface area contributed by atoms with Crippen molar-refractivity contribution in [3.05, 3.63) is 0 Å². The summed E-state index contributed by atoms with van der Waals surface area (Å²) in [6.45, 7) is 3.33. The summed E-state index contributed by atoms with van der Waals surface area (Å²) in [6.07, 6.45) is -54.4. The number of carbonyl (C=O) groups is 2. The Kier molecular flexibility index (Phi) is 15.4. The van der Waals surface area contributed by atoms with Crippen molar-refractivity contribution in [3.63, 3.8) is 0 Å². The van der Waals surface area contributed by atoms with Crippen LogP contribution in [0.5, 0.6) is 0 Å². The van der Waals surface area contributed by atoms with Gasteiger partial charge >= 0.3 is 49.0 Å². The lowest BCUT2D eigenvalue weighted by Crippen LogP contribution is -2.63. The Balaban J connectivity index is 1.40. The molecule has 0 aromatic carbocycles. The van der Waals surface area contributed by atoms with Crippen LogP contribution >= 0.6 is 0 Å². The molecule has 6 rings (SSSR count). The van der Waals surface area contributed by atoms with E-state index in [1.165, 1.54) is 13.8 Å². The number of fused-ring (bicyclic) bond motifs is 10. The third kappa shape index (κ3) is 9.61. The second-order valence-corrected chi connectivity index (χ2v) is 20.9. The van der Waals surface area contributed by atoms with E-state index in [0.29, 0.717) is 14.2 Å². The molecule has 4 bridgehead atoms. The normalized spacial score (nSPS) is 35.9. The average molecular weight is 1070 g/mol. The Labute approximate surface area is 395 Å². The molecule has 0 spiro atoms. The van der Waals surface area contributed by atoms with E-state index in [9.17, 15) is 67.4 Å². The molecule has 71 heavy (non-hydrogen) atoms. The van der Waals surface area contributed by atoms with E-state index in [0.717, 1.165) is 6.92 Å². The highest BCUT2D eigenvalue weighted by Gasteiger charge is 2.77. The number of alkyl halides is 18. The van der Waals surface area contributed by atoms with Crippen molar-refractivity contribution in [2.75, 3.05) is 20.8 Å². The van der Waals surface area contributed by atoms with E-state index in [1.54, 1.807) is 0 Å². The highest BCUT2D eigenvalue weighted by atomic mass is 19.4. The third-order valence-electron chi connectivity index (χ3n) is 17.2. The minimum Gasteiger partial charge on any atom is -0.468 e. The van der Waals surface area contributed by atoms with Gasteiger partial charge in [0.05, 0.1) is 38.6 Å². The van der Waals surface area contributed by atoms with Gasteiger partial charge < -0.3 is 33.5 Å². The largest absolute Gasteiger partial charge is 0.468 e. The van der Waals surface area contributed by atoms with Gasteiger partial charge in [0.1, 0.15) is 0 Å². The van der Waals surface area contributed by atoms with Gasteiger partial charge in [-0.1, -0.05) is 6.92 Å². The van der Waals surface area contributed by atoms with Crippen LogP contribution in [0.1, 0.15) is 91.9 Å². The molecule has 0 radical (unpaired) electrons. The molecule has 0 aromatic rings. The number of rotatable bonds is 15. The van der Waals surface area contributed by atoms with E-state index >= 15 is 26.3 Å². The first-order valence-electron chi connectivity index (χ1n) is 23.1. The van der Waals surface area contributed by atoms with Gasteiger partial charge in [-0.15, -0.1) is 0 Å². The van der Waals surface area contributed by atoms with E-state index in [-0.39, 0.29) is 39.2 Å². The molecule has 0 aromatic heterocycles. The zero-order valence-electron chi connectivity index (χ0n) is 39.0. The van der Waals surface area contributed by atoms with Crippen LogP contribution in [0.25, 0.3) is 0 Å². The number of carbonyl (C=O) groups excluding carboxylic acids is 2. The number of hydrogen-bond donors (Lipinski definition) is 1. The van der Waals surface area contributed by atoms with E-state index in [2.05, 4.69) is 9.47 Å². The summed E-state index contributed by atoms with van der Waals surface area (Å²) in [6, 6.07) is 0. The van der Waals surface area contributed by atoms with Gasteiger partial charge in [-0.05, 0) is 138 Å². The average Bonchev–Trinajstić information content (AvgIpc) is 3.99. The first-order chi connectivity index (χ1) is 32.2. The first kappa shape index (κ1) is 57.8. The molecule has 6 aliphatic rings. The number of halogens is 18. The van der Waals surface area contributed by atoms with Crippen LogP contribution < -0.4 is 0 Å². The molecule has 412 valence electrons. The monoisotopic (exact) mass is 1070 g/mol. The Hall–Kier alpha value is -2.52. The number of hydrogen-bond acceptors (Lipinski definition) is 9. The molecule has 9 nitrogen and oxygen atoms in total. The molecule has 6 fully saturated rings. The number of ether oxygens (including phenoxy) is 6. The van der Waals surface area contributed by atoms with E-state index in [1.807, 2.05) is 0 Å². The minimum absolute atomic E-state index is 0.0356. The van der Waals surface area contributed by atoms with Gasteiger partial charge in [-0.3, -0.25) is 9.59 Å². The number of esters is 2. The minimum atomic E-state index is -6.19. The van der Waals surface area contributed by atoms with Gasteiger partial charge in [0.2, 0.25) is 0 Å². The Morgan fingerprint density at radius 2 is 1.04 bits per heavy atom. The highest BCUT2D eigenvalue weighted by molar-refractivity contribution is 5.79. The van der Waals surface area contributed by atoms with Crippen molar-refractivity contribution in [1.29, 1.82) is 0 Å². The van der Waals surface area contributed by atoms with Crippen molar-refractivity contribution in [2.45, 2.75) is 171 Å². The molecule has 27 heteroatoms. The van der Waals surface area contributed by atoms with E-state index < -0.39 is 199 Å². The van der Waals surface area contributed by atoms with Crippen LogP contribution in [0, 0.1) is 70.0 Å². The van der Waals surface area contributed by atoms with Gasteiger partial charge in [0.25, 0.3) is 11.2 Å². The molecule has 2 aliphatic heterocycles. The van der Waals surface area contributed by atoms with Crippen molar-refractivity contribution >= 4 is 11.9 Å². The second kappa shape index (κ2) is 18.9. The summed E-state index contributed by atoms with van der Waals surface area (Å²) in [5.74, 6) is -16.8. The lowest BCUT2D eigenvalue weighted by atomic mass is 9.58. The Bertz CT molecular complexity index is 1890. The molecule has 2 saturated heterocycles. The first-order valence-corrected chi connectivity index (χ1v) is 23.1. The fraction of sp³-hybridized carbons (Fsp3) is 0.955. The topological polar surface area (TPSA) is 110 Å². The van der Waals surface area contributed by atoms with Crippen molar-refractivity contribution in [3.8, 4) is 0 Å². The maximum atomic E-state index is 16.4. The van der Waals surface area contributed by atoms with Crippen LogP contribution in [-0.4, -0.2) is 117 Å². The molecule has 0 amide bonds. The molecule has 17 atom stereocenters. The van der Waals surface area contributed by atoms with E-state index in [4.69, 9.17) is 18.9 Å². The zero-order chi connectivity index (χ0) is 53.8. The Morgan fingerprint density at radius 1 is 0.577 bits per heavy atom. The molecule has 2 heterocycles. The molecule has 4 aliphatic carbocycles. The fourth-order valence-electron chi connectivity index (χ4n) is 13.8. The second-order valence-electron chi connectivity index (χ2n) is 20.9. The lowest BCUT2D eigenvalue weighted by molar-refractivity contribution is -0.412. The summed E-state index contributed by atoms with van der Waals surface area (Å²) < 4.78 is 297. The molecule has 17 unspecified atom stereocenters. The van der Waals surface area contributed by atoms with Crippen LogP contribution in [-0.2, 0) is 38.0 Å². The molecular weight excluding hydrogens is 1010 g/mol. The summed E-state index contributed by atoms with van der Waals surface area (Å²) in [5.41, 5.74) is -17.7. The van der Waals surface area contributed by atoms with Gasteiger partial charge in [-0.2, -0.15) is 79.0 Å². The molecule has 1 N–H and O–H groups in total. The maximum absolute atomic E-state index is 16.4. The summed E-state index contributed by atoms with van der Waals surface area (Å²) >= 11 is 0. The van der Waals surface area contributed by atoms with Crippen LogP contribution in [0.15, 0.2) is 0 Å². The number of aliphatic hydroxyl groups is 1. The zero-order valence-corrected chi connectivity index (χ0v) is 39.0. The van der Waals surface area contributed by atoms with Crippen molar-refractivity contribution in [1.82, 2.24) is 0 Å². The quantitative estimate of drug-likeness (QED) is 0.0974. The predicted molar refractivity (Wildman–Crippen MR) is 205 cm³/mol. The standard InChI is InChI=1S/C44H56F18O9/c1-7-68-19(3)71-38(43(57,58)59,44(60,61)62)15-23-10-21-12-26(23)32-27(21)13-28(30(70-32)16-35(4,33(63)66-5)39(45,46)47)36(34(64)67-6,40(48,49)50)17-29-18(2)8-24-20-9-22(25(11-20)31(24)69-29)14-37(65,41(51,52)53)42(54,55)56/h18-32,65H,7-17H2,1-6H3. The lowest BCUT2D eigenvalue weighted by Gasteiger charge is -2.54. The smallest absolute Gasteiger partial charge is 0.426 e. The van der Waals surface area contributed by atoms with Crippen LogP contribution in [0.2, 0.25) is 0 Å². The van der Waals surface area contributed by atoms with Crippen molar-refractivity contribution < 1.29 is 122 Å². The SMILES string of the molecule is CCOC(C)OC(CC1CC2CC1C1OC(CC(C)(C(=O)OC)C(F)(F)F)C(C(CC3OC4C(CC3C)C3CC(CC(O)(C(F)(F)F)C(F)(F)F)C4C3)(C(=O)OC)C(F)(F)F)CC21)(C(F)(F)F)C(F)(F)F. The van der Waals surface area contributed by atoms with Gasteiger partial charge in [0.15, 0.2) is 17.1 Å². The molecule has 4 saturated carbocycles.